The van der Waals surface area contributed by atoms with Crippen molar-refractivity contribution in [3.05, 3.63) is 57.2 Å². The third-order valence-electron chi connectivity index (χ3n) is 3.08. The van der Waals surface area contributed by atoms with Crippen LogP contribution in [0.4, 0.5) is 0 Å². The van der Waals surface area contributed by atoms with Crippen molar-refractivity contribution in [2.75, 3.05) is 7.05 Å². The Morgan fingerprint density at radius 3 is 2.55 bits per heavy atom. The van der Waals surface area contributed by atoms with Crippen LogP contribution in [-0.4, -0.2) is 12.0 Å². The first-order chi connectivity index (χ1) is 9.60. The molecule has 0 aliphatic heterocycles. The van der Waals surface area contributed by atoms with E-state index < -0.39 is 0 Å². The maximum atomic E-state index is 5.91. The molecule has 1 aromatic carbocycles. The van der Waals surface area contributed by atoms with E-state index in [0.29, 0.717) is 6.61 Å². The average molecular weight is 335 g/mol. The van der Waals surface area contributed by atoms with Crippen LogP contribution >= 0.6 is 15.9 Å². The third kappa shape index (κ3) is 3.81. The molecule has 0 spiro atoms. The Kier molecular flexibility index (Phi) is 5.15. The molecule has 1 N–H and O–H groups in total. The molecule has 0 radical (unpaired) electrons. The van der Waals surface area contributed by atoms with Crippen LogP contribution in [0.5, 0.6) is 5.88 Å². The molecular weight excluding hydrogens is 316 g/mol. The van der Waals surface area contributed by atoms with E-state index in [0.717, 1.165) is 33.7 Å². The summed E-state index contributed by atoms with van der Waals surface area (Å²) < 4.78 is 6.98. The molecule has 1 heterocycles. The Labute approximate surface area is 128 Å². The molecule has 106 valence electrons. The summed E-state index contributed by atoms with van der Waals surface area (Å²) in [5, 5.41) is 3.16. The first-order valence-electron chi connectivity index (χ1n) is 6.59. The SMILES string of the molecule is CNCc1c(C)cc(C)nc1OCc1ccc(Br)cc1. The van der Waals surface area contributed by atoms with E-state index in [1.807, 2.05) is 38.2 Å². The van der Waals surface area contributed by atoms with Crippen molar-refractivity contribution < 1.29 is 4.74 Å². The van der Waals surface area contributed by atoms with E-state index in [1.54, 1.807) is 0 Å². The van der Waals surface area contributed by atoms with E-state index in [9.17, 15) is 0 Å². The van der Waals surface area contributed by atoms with Crippen molar-refractivity contribution in [3.8, 4) is 5.88 Å². The van der Waals surface area contributed by atoms with Gasteiger partial charge < -0.3 is 10.1 Å². The zero-order valence-corrected chi connectivity index (χ0v) is 13.6. The molecule has 0 aliphatic carbocycles. The fraction of sp³-hybridized carbons (Fsp3) is 0.312. The lowest BCUT2D eigenvalue weighted by atomic mass is 10.1. The van der Waals surface area contributed by atoms with Gasteiger partial charge in [0.25, 0.3) is 0 Å². The maximum absolute atomic E-state index is 5.91. The number of rotatable bonds is 5. The monoisotopic (exact) mass is 334 g/mol. The number of aromatic nitrogens is 1. The Hall–Kier alpha value is -1.39. The Bertz CT molecular complexity index is 582. The fourth-order valence-corrected chi connectivity index (χ4v) is 2.34. The van der Waals surface area contributed by atoms with Crippen LogP contribution in [0.3, 0.4) is 0 Å². The van der Waals surface area contributed by atoms with Crippen LogP contribution in [0, 0.1) is 13.8 Å². The second-order valence-electron chi connectivity index (χ2n) is 4.81. The zero-order valence-electron chi connectivity index (χ0n) is 12.0. The topological polar surface area (TPSA) is 34.2 Å². The number of ether oxygens (including phenoxy) is 1. The molecule has 1 aromatic heterocycles. The van der Waals surface area contributed by atoms with Gasteiger partial charge in [-0.1, -0.05) is 28.1 Å². The lowest BCUT2D eigenvalue weighted by Gasteiger charge is -2.14. The van der Waals surface area contributed by atoms with Crippen molar-refractivity contribution in [1.82, 2.24) is 10.3 Å². The number of halogens is 1. The molecule has 0 amide bonds. The predicted octanol–water partition coefficient (Wildman–Crippen LogP) is 3.76. The normalized spacial score (nSPS) is 10.6. The highest BCUT2D eigenvalue weighted by Crippen LogP contribution is 2.22. The molecule has 2 rings (SSSR count). The molecule has 0 saturated carbocycles. The lowest BCUT2D eigenvalue weighted by molar-refractivity contribution is 0.289. The standard InChI is InChI=1S/C16H19BrN2O/c1-11-8-12(2)19-16(15(11)9-18-3)20-10-13-4-6-14(17)7-5-13/h4-8,18H,9-10H2,1-3H3. The van der Waals surface area contributed by atoms with Gasteiger partial charge >= 0.3 is 0 Å². The number of hydrogen-bond acceptors (Lipinski definition) is 3. The van der Waals surface area contributed by atoms with Gasteiger partial charge in [0.05, 0.1) is 0 Å². The van der Waals surface area contributed by atoms with Crippen molar-refractivity contribution in [3.63, 3.8) is 0 Å². The van der Waals surface area contributed by atoms with Crippen LogP contribution < -0.4 is 10.1 Å². The van der Waals surface area contributed by atoms with Crippen molar-refractivity contribution in [2.45, 2.75) is 27.0 Å². The number of nitrogens with zero attached hydrogens (tertiary/aromatic N) is 1. The molecule has 4 heteroatoms. The highest BCUT2D eigenvalue weighted by molar-refractivity contribution is 9.10. The summed E-state index contributed by atoms with van der Waals surface area (Å²) in [6.45, 7) is 5.37. The Balaban J connectivity index is 2.17. The molecule has 0 aliphatic rings. The van der Waals surface area contributed by atoms with Crippen molar-refractivity contribution >= 4 is 15.9 Å². The molecule has 20 heavy (non-hydrogen) atoms. The van der Waals surface area contributed by atoms with Crippen LogP contribution in [0.1, 0.15) is 22.4 Å². The number of pyridine rings is 1. The minimum Gasteiger partial charge on any atom is -0.473 e. The summed E-state index contributed by atoms with van der Waals surface area (Å²) in [6, 6.07) is 10.2. The number of nitrogens with one attached hydrogen (secondary N) is 1. The Morgan fingerprint density at radius 1 is 1.20 bits per heavy atom. The average Bonchev–Trinajstić information content (AvgIpc) is 2.41. The lowest BCUT2D eigenvalue weighted by Crippen LogP contribution is -2.11. The minimum absolute atomic E-state index is 0.528. The van der Waals surface area contributed by atoms with Gasteiger partial charge in [-0.05, 0) is 50.2 Å². The largest absolute Gasteiger partial charge is 0.473 e. The highest BCUT2D eigenvalue weighted by atomic mass is 79.9. The molecular formula is C16H19BrN2O. The van der Waals surface area contributed by atoms with Crippen LogP contribution in [0.25, 0.3) is 0 Å². The first-order valence-corrected chi connectivity index (χ1v) is 7.38. The summed E-state index contributed by atoms with van der Waals surface area (Å²) in [4.78, 5) is 4.51. The molecule has 3 nitrogen and oxygen atoms in total. The van der Waals surface area contributed by atoms with Gasteiger partial charge in [-0.2, -0.15) is 0 Å². The van der Waals surface area contributed by atoms with E-state index in [4.69, 9.17) is 4.74 Å². The van der Waals surface area contributed by atoms with Gasteiger partial charge in [-0.3, -0.25) is 0 Å². The molecule has 0 atom stereocenters. The van der Waals surface area contributed by atoms with E-state index in [2.05, 4.69) is 39.2 Å². The van der Waals surface area contributed by atoms with Gasteiger partial charge in [0, 0.05) is 22.3 Å². The number of hydrogen-bond donors (Lipinski definition) is 1. The van der Waals surface area contributed by atoms with E-state index >= 15 is 0 Å². The zero-order chi connectivity index (χ0) is 14.5. The minimum atomic E-state index is 0.528. The molecule has 0 bridgehead atoms. The third-order valence-corrected chi connectivity index (χ3v) is 3.61. The van der Waals surface area contributed by atoms with Gasteiger partial charge in [0.1, 0.15) is 6.61 Å². The summed E-state index contributed by atoms with van der Waals surface area (Å²) >= 11 is 3.43. The van der Waals surface area contributed by atoms with Crippen LogP contribution in [0.2, 0.25) is 0 Å². The number of benzene rings is 1. The van der Waals surface area contributed by atoms with Gasteiger partial charge in [0.15, 0.2) is 0 Å². The quantitative estimate of drug-likeness (QED) is 0.903. The van der Waals surface area contributed by atoms with E-state index in [-0.39, 0.29) is 0 Å². The number of aryl methyl sites for hydroxylation is 2. The summed E-state index contributed by atoms with van der Waals surface area (Å²) in [5.41, 5.74) is 4.44. The fourth-order valence-electron chi connectivity index (χ4n) is 2.07. The first kappa shape index (κ1) is 15.0. The molecule has 2 aromatic rings. The summed E-state index contributed by atoms with van der Waals surface area (Å²) in [5.74, 6) is 0.722. The summed E-state index contributed by atoms with van der Waals surface area (Å²) in [7, 11) is 1.93. The smallest absolute Gasteiger partial charge is 0.218 e. The van der Waals surface area contributed by atoms with Crippen molar-refractivity contribution in [2.24, 2.45) is 0 Å². The molecule has 0 saturated heterocycles. The summed E-state index contributed by atoms with van der Waals surface area (Å²) in [6.07, 6.45) is 0. The predicted molar refractivity (Wildman–Crippen MR) is 84.9 cm³/mol. The van der Waals surface area contributed by atoms with Gasteiger partial charge in [-0.25, -0.2) is 4.98 Å². The van der Waals surface area contributed by atoms with Crippen LogP contribution in [-0.2, 0) is 13.2 Å². The second-order valence-corrected chi connectivity index (χ2v) is 5.73. The van der Waals surface area contributed by atoms with Crippen molar-refractivity contribution in [1.29, 1.82) is 0 Å². The molecule has 0 unspecified atom stereocenters. The van der Waals surface area contributed by atoms with Gasteiger partial charge in [-0.15, -0.1) is 0 Å². The van der Waals surface area contributed by atoms with Gasteiger partial charge in [0.2, 0.25) is 5.88 Å². The van der Waals surface area contributed by atoms with Crippen LogP contribution in [0.15, 0.2) is 34.8 Å². The maximum Gasteiger partial charge on any atom is 0.218 e. The van der Waals surface area contributed by atoms with E-state index in [1.165, 1.54) is 5.56 Å². The molecule has 0 fully saturated rings. The highest BCUT2D eigenvalue weighted by Gasteiger charge is 2.09. The Morgan fingerprint density at radius 2 is 1.90 bits per heavy atom. The second kappa shape index (κ2) is 6.86.